The predicted octanol–water partition coefficient (Wildman–Crippen LogP) is 0.770. The highest BCUT2D eigenvalue weighted by molar-refractivity contribution is 6.83. The maximum absolute atomic E-state index is 6.31. The van der Waals surface area contributed by atoms with Crippen molar-refractivity contribution in [1.82, 2.24) is 0 Å². The van der Waals surface area contributed by atoms with Crippen molar-refractivity contribution in [2.24, 2.45) is 0 Å². The standard InChI is InChI=1S/C15H36O11Si4/c1-16-27(6,10-9-21-11-14-12-22-14)24-30(19-4,20-5)26-29(8,18-3)25-28(7,17-2)15-13-23-15/h14-15H,9-13H2,1-8H3. The van der Waals surface area contributed by atoms with Crippen molar-refractivity contribution in [2.45, 2.75) is 37.5 Å². The van der Waals surface area contributed by atoms with Crippen molar-refractivity contribution in [3.63, 3.8) is 0 Å². The molecule has 11 nitrogen and oxygen atoms in total. The van der Waals surface area contributed by atoms with Crippen LogP contribution in [0.3, 0.4) is 0 Å². The fraction of sp³-hybridized carbons (Fsp3) is 1.00. The third kappa shape index (κ3) is 7.49. The first kappa shape index (κ1) is 26.7. The summed E-state index contributed by atoms with van der Waals surface area (Å²) in [7, 11) is -4.68. The van der Waals surface area contributed by atoms with Gasteiger partial charge in [0.25, 0.3) is 0 Å². The summed E-state index contributed by atoms with van der Waals surface area (Å²) in [6.07, 6.45) is 0.205. The Morgan fingerprint density at radius 2 is 1.40 bits per heavy atom. The monoisotopic (exact) mass is 504 g/mol. The lowest BCUT2D eigenvalue weighted by Crippen LogP contribution is -2.65. The van der Waals surface area contributed by atoms with Crippen LogP contribution in [0.1, 0.15) is 0 Å². The fourth-order valence-corrected chi connectivity index (χ4v) is 16.1. The largest absolute Gasteiger partial charge is 0.662 e. The average Bonchev–Trinajstić information content (AvgIpc) is 3.64. The summed E-state index contributed by atoms with van der Waals surface area (Å²) in [5.41, 5.74) is -0.0682. The van der Waals surface area contributed by atoms with Crippen LogP contribution in [0.2, 0.25) is 25.7 Å². The quantitative estimate of drug-likeness (QED) is 0.159. The van der Waals surface area contributed by atoms with Gasteiger partial charge in [-0.1, -0.05) is 0 Å². The van der Waals surface area contributed by atoms with E-state index in [0.29, 0.717) is 25.9 Å². The SMILES string of the molecule is CO[Si](C)(CCOCC1CO1)O[Si](OC)(OC)O[Si](C)(OC)O[Si](C)(OC)C1CO1. The highest BCUT2D eigenvalue weighted by atomic mass is 28.5. The smallest absolute Gasteiger partial charge is 0.398 e. The van der Waals surface area contributed by atoms with Gasteiger partial charge in [-0.3, -0.25) is 0 Å². The molecule has 0 radical (unpaired) electrons. The molecule has 0 amide bonds. The lowest BCUT2D eigenvalue weighted by Gasteiger charge is -2.40. The fourth-order valence-electron chi connectivity index (χ4n) is 2.66. The van der Waals surface area contributed by atoms with Gasteiger partial charge in [0, 0.05) is 54.7 Å². The third-order valence-corrected chi connectivity index (χ3v) is 19.4. The zero-order chi connectivity index (χ0) is 22.5. The van der Waals surface area contributed by atoms with Crippen LogP contribution >= 0.6 is 0 Å². The Morgan fingerprint density at radius 1 is 0.767 bits per heavy atom. The Balaban J connectivity index is 2.06. The second-order valence-corrected chi connectivity index (χ2v) is 20.1. The van der Waals surface area contributed by atoms with Gasteiger partial charge >= 0.3 is 35.0 Å². The molecule has 2 aliphatic rings. The average molecular weight is 505 g/mol. The molecule has 0 spiro atoms. The molecule has 0 bridgehead atoms. The van der Waals surface area contributed by atoms with Crippen molar-refractivity contribution in [3.8, 4) is 0 Å². The molecule has 30 heavy (non-hydrogen) atoms. The predicted molar refractivity (Wildman–Crippen MR) is 114 cm³/mol. The minimum absolute atomic E-state index is 0.0682. The summed E-state index contributed by atoms with van der Waals surface area (Å²) in [6, 6.07) is 0.563. The summed E-state index contributed by atoms with van der Waals surface area (Å²) in [4.78, 5) is 0. The van der Waals surface area contributed by atoms with Gasteiger partial charge in [0.05, 0.1) is 19.8 Å². The normalized spacial score (nSPS) is 27.2. The molecule has 0 saturated carbocycles. The van der Waals surface area contributed by atoms with E-state index >= 15 is 0 Å². The molecule has 178 valence electrons. The Hall–Kier alpha value is 0.428. The summed E-state index contributed by atoms with van der Waals surface area (Å²) in [5, 5.41) is 0. The van der Waals surface area contributed by atoms with Gasteiger partial charge in [0.1, 0.15) is 11.8 Å². The number of epoxide rings is 2. The molecule has 2 heterocycles. The molecule has 0 aromatic heterocycles. The summed E-state index contributed by atoms with van der Waals surface area (Å²) in [5.74, 6) is 0. The van der Waals surface area contributed by atoms with Gasteiger partial charge in [-0.25, -0.2) is 0 Å². The maximum Gasteiger partial charge on any atom is 0.662 e. The van der Waals surface area contributed by atoms with E-state index < -0.39 is 35.0 Å². The van der Waals surface area contributed by atoms with Crippen LogP contribution in [-0.2, 0) is 48.7 Å². The molecule has 0 aliphatic carbocycles. The van der Waals surface area contributed by atoms with Gasteiger partial charge < -0.3 is 48.7 Å². The minimum Gasteiger partial charge on any atom is -0.398 e. The zero-order valence-corrected chi connectivity index (χ0v) is 23.2. The second kappa shape index (κ2) is 11.0. The Kier molecular flexibility index (Phi) is 9.81. The third-order valence-electron chi connectivity index (χ3n) is 5.07. The van der Waals surface area contributed by atoms with E-state index in [1.54, 1.807) is 20.8 Å². The van der Waals surface area contributed by atoms with Gasteiger partial charge in [-0.15, -0.1) is 0 Å². The van der Waals surface area contributed by atoms with E-state index in [9.17, 15) is 0 Å². The molecule has 0 N–H and O–H groups in total. The van der Waals surface area contributed by atoms with E-state index in [4.69, 9.17) is 48.7 Å². The first-order valence-corrected chi connectivity index (χ1v) is 18.6. The number of ether oxygens (including phenoxy) is 3. The van der Waals surface area contributed by atoms with E-state index in [2.05, 4.69) is 0 Å². The molecule has 2 fully saturated rings. The number of hydrogen-bond donors (Lipinski definition) is 0. The molecule has 5 atom stereocenters. The molecule has 15 heteroatoms. The van der Waals surface area contributed by atoms with Gasteiger partial charge in [-0.2, -0.15) is 0 Å². The van der Waals surface area contributed by atoms with E-state index in [1.165, 1.54) is 21.3 Å². The van der Waals surface area contributed by atoms with Crippen LogP contribution in [0.5, 0.6) is 0 Å². The van der Waals surface area contributed by atoms with Crippen LogP contribution in [0.15, 0.2) is 0 Å². The van der Waals surface area contributed by atoms with Crippen LogP contribution in [0.4, 0.5) is 0 Å². The molecule has 2 saturated heterocycles. The van der Waals surface area contributed by atoms with E-state index in [0.717, 1.165) is 6.61 Å². The maximum atomic E-state index is 6.31. The van der Waals surface area contributed by atoms with Gasteiger partial charge in [0.15, 0.2) is 0 Å². The van der Waals surface area contributed by atoms with Crippen LogP contribution < -0.4 is 0 Å². The summed E-state index contributed by atoms with van der Waals surface area (Å²) >= 11 is 0. The van der Waals surface area contributed by atoms with Crippen LogP contribution in [0, 0.1) is 0 Å². The van der Waals surface area contributed by atoms with Crippen molar-refractivity contribution in [1.29, 1.82) is 0 Å². The molecule has 5 unspecified atom stereocenters. The first-order chi connectivity index (χ1) is 14.1. The number of hydrogen-bond acceptors (Lipinski definition) is 11. The zero-order valence-electron chi connectivity index (χ0n) is 19.2. The van der Waals surface area contributed by atoms with Crippen molar-refractivity contribution in [2.75, 3.05) is 62.0 Å². The van der Waals surface area contributed by atoms with Crippen LogP contribution in [0.25, 0.3) is 0 Å². The van der Waals surface area contributed by atoms with Crippen molar-refractivity contribution >= 4 is 35.0 Å². The lowest BCUT2D eigenvalue weighted by atomic mass is 10.5. The van der Waals surface area contributed by atoms with E-state index in [1.807, 2.05) is 13.1 Å². The second-order valence-electron chi connectivity index (χ2n) is 7.44. The molecule has 0 aromatic rings. The molecule has 2 rings (SSSR count). The van der Waals surface area contributed by atoms with Gasteiger partial charge in [0.2, 0.25) is 0 Å². The topological polar surface area (TPSA) is 108 Å². The Labute approximate surface area is 183 Å². The molecule has 0 aromatic carbocycles. The summed E-state index contributed by atoms with van der Waals surface area (Å²) in [6.45, 7) is 7.96. The first-order valence-electron chi connectivity index (χ1n) is 9.78. The summed E-state index contributed by atoms with van der Waals surface area (Å²) < 4.78 is 63.5. The number of rotatable bonds is 17. The lowest BCUT2D eigenvalue weighted by molar-refractivity contribution is 0.0315. The van der Waals surface area contributed by atoms with Crippen molar-refractivity contribution < 1.29 is 48.7 Å². The van der Waals surface area contributed by atoms with Gasteiger partial charge in [-0.05, 0) is 13.1 Å². The molecular weight excluding hydrogens is 468 g/mol. The van der Waals surface area contributed by atoms with Crippen molar-refractivity contribution in [3.05, 3.63) is 0 Å². The highest BCUT2D eigenvalue weighted by Gasteiger charge is 2.61. The van der Waals surface area contributed by atoms with Crippen LogP contribution in [-0.4, -0.2) is 109 Å². The van der Waals surface area contributed by atoms with E-state index in [-0.39, 0.29) is 11.8 Å². The highest BCUT2D eigenvalue weighted by Crippen LogP contribution is 2.31. The molecular formula is C15H36O11Si4. The molecule has 2 aliphatic heterocycles. The Bertz CT molecular complexity index is 537. The minimum atomic E-state index is -3.66. The Morgan fingerprint density at radius 3 is 1.83 bits per heavy atom.